The highest BCUT2D eigenvalue weighted by molar-refractivity contribution is 5.96. The Balaban J connectivity index is 1.15. The summed E-state index contributed by atoms with van der Waals surface area (Å²) in [5.74, 6) is 2.67. The summed E-state index contributed by atoms with van der Waals surface area (Å²) in [7, 11) is 0. The summed E-state index contributed by atoms with van der Waals surface area (Å²) < 4.78 is 18.3. The first-order valence-electron chi connectivity index (χ1n) is 11.4. The number of rotatable bonds is 4. The van der Waals surface area contributed by atoms with Crippen molar-refractivity contribution in [3.8, 4) is 23.0 Å². The third kappa shape index (κ3) is 3.25. The number of nitrogens with zero attached hydrogens (tertiary/aromatic N) is 2. The van der Waals surface area contributed by atoms with Crippen LogP contribution in [-0.4, -0.2) is 17.0 Å². The molecule has 0 spiro atoms. The van der Waals surface area contributed by atoms with Crippen LogP contribution in [0, 0.1) is 0 Å². The van der Waals surface area contributed by atoms with Crippen LogP contribution < -0.4 is 4.74 Å². The van der Waals surface area contributed by atoms with Crippen LogP contribution in [0.5, 0.6) is 11.5 Å². The van der Waals surface area contributed by atoms with Crippen molar-refractivity contribution < 1.29 is 13.9 Å². The average Bonchev–Trinajstić information content (AvgIpc) is 3.57. The molecule has 5 aromatic rings. The van der Waals surface area contributed by atoms with Gasteiger partial charge < -0.3 is 13.9 Å². The molecule has 4 aromatic carbocycles. The Labute approximate surface area is 196 Å². The van der Waals surface area contributed by atoms with Gasteiger partial charge in [-0.05, 0) is 59.7 Å². The Hall–Kier alpha value is -4.38. The molecule has 0 N–H and O–H groups in total. The summed E-state index contributed by atoms with van der Waals surface area (Å²) in [5.41, 5.74) is 5.98. The van der Waals surface area contributed by atoms with Crippen molar-refractivity contribution in [2.75, 3.05) is 0 Å². The van der Waals surface area contributed by atoms with Crippen LogP contribution >= 0.6 is 0 Å². The topological polar surface area (TPSA) is 56.9 Å². The van der Waals surface area contributed by atoms with Crippen molar-refractivity contribution in [1.29, 1.82) is 0 Å². The smallest absolute Gasteiger partial charge is 0.227 e. The van der Waals surface area contributed by atoms with E-state index < -0.39 is 0 Å². The molecule has 1 aliphatic heterocycles. The Kier molecular flexibility index (Phi) is 4.27. The Morgan fingerprint density at radius 3 is 2.41 bits per heavy atom. The monoisotopic (exact) mass is 444 g/mol. The summed E-state index contributed by atoms with van der Waals surface area (Å²) in [6, 6.07) is 31.9. The van der Waals surface area contributed by atoms with Crippen molar-refractivity contribution in [3.05, 3.63) is 114 Å². The van der Waals surface area contributed by atoms with Gasteiger partial charge in [-0.15, -0.1) is 0 Å². The van der Waals surface area contributed by atoms with Gasteiger partial charge in [-0.2, -0.15) is 0 Å². The van der Waals surface area contributed by atoms with Crippen molar-refractivity contribution in [2.24, 2.45) is 4.99 Å². The van der Waals surface area contributed by atoms with E-state index in [4.69, 9.17) is 18.9 Å². The molecule has 0 fully saturated rings. The maximum Gasteiger partial charge on any atom is 0.227 e. The van der Waals surface area contributed by atoms with E-state index in [0.29, 0.717) is 17.5 Å². The fraction of sp³-hybridized carbons (Fsp3) is 0.103. The van der Waals surface area contributed by atoms with Gasteiger partial charge in [-0.25, -0.2) is 9.98 Å². The van der Waals surface area contributed by atoms with Crippen molar-refractivity contribution in [3.63, 3.8) is 0 Å². The van der Waals surface area contributed by atoms with Crippen LogP contribution in [0.4, 0.5) is 0 Å². The number of fused-ring (bicyclic) bond motifs is 4. The first-order chi connectivity index (χ1) is 16.8. The van der Waals surface area contributed by atoms with Crippen molar-refractivity contribution >= 4 is 17.0 Å². The van der Waals surface area contributed by atoms with Crippen LogP contribution in [-0.2, 0) is 11.2 Å². The van der Waals surface area contributed by atoms with Gasteiger partial charge in [0.1, 0.15) is 29.2 Å². The molecule has 0 bridgehead atoms. The second-order valence-electron chi connectivity index (χ2n) is 8.58. The van der Waals surface area contributed by atoms with Gasteiger partial charge >= 0.3 is 0 Å². The third-order valence-electron chi connectivity index (χ3n) is 6.36. The van der Waals surface area contributed by atoms with Crippen LogP contribution in [0.1, 0.15) is 22.7 Å². The quantitative estimate of drug-likeness (QED) is 0.308. The van der Waals surface area contributed by atoms with Crippen LogP contribution in [0.25, 0.3) is 22.6 Å². The number of hydrogen-bond donors (Lipinski definition) is 0. The molecule has 0 saturated heterocycles. The van der Waals surface area contributed by atoms with Crippen LogP contribution in [0.3, 0.4) is 0 Å². The number of aliphatic imine (C=N–C) groups is 1. The second-order valence-corrected chi connectivity index (χ2v) is 8.58. The zero-order valence-electron chi connectivity index (χ0n) is 18.2. The van der Waals surface area contributed by atoms with Gasteiger partial charge in [0.25, 0.3) is 0 Å². The van der Waals surface area contributed by atoms with Gasteiger partial charge in [-0.3, -0.25) is 0 Å². The van der Waals surface area contributed by atoms with E-state index >= 15 is 0 Å². The van der Waals surface area contributed by atoms with Gasteiger partial charge in [0, 0.05) is 17.5 Å². The molecule has 0 amide bonds. The molecule has 164 valence electrons. The minimum absolute atomic E-state index is 0.0729. The fourth-order valence-corrected chi connectivity index (χ4v) is 4.76. The Morgan fingerprint density at radius 1 is 0.765 bits per heavy atom. The number of aromatic nitrogens is 1. The summed E-state index contributed by atoms with van der Waals surface area (Å²) in [4.78, 5) is 9.49. The van der Waals surface area contributed by atoms with Gasteiger partial charge in [-0.1, -0.05) is 48.5 Å². The summed E-state index contributed by atoms with van der Waals surface area (Å²) in [6.45, 7) is 0. The van der Waals surface area contributed by atoms with Crippen LogP contribution in [0.2, 0.25) is 0 Å². The lowest BCUT2D eigenvalue weighted by Gasteiger charge is -2.11. The average molecular weight is 444 g/mol. The molecule has 34 heavy (non-hydrogen) atoms. The molecular formula is C29H20N2O3. The Morgan fingerprint density at radius 2 is 1.53 bits per heavy atom. The number of oxazole rings is 1. The van der Waals surface area contributed by atoms with E-state index in [-0.39, 0.29) is 12.1 Å². The SMILES string of the molecule is c1cc(Oc2cccc(-c3nc4ccccc4o3)c2)cc(C2=N[C@H]3c4ccccc4C[C@H]3O2)c1. The maximum atomic E-state index is 6.24. The minimum Gasteiger partial charge on any atom is -0.471 e. The lowest BCUT2D eigenvalue weighted by molar-refractivity contribution is 0.206. The molecule has 0 unspecified atom stereocenters. The molecule has 5 nitrogen and oxygen atoms in total. The number of para-hydroxylation sites is 2. The maximum absolute atomic E-state index is 6.24. The van der Waals surface area contributed by atoms with E-state index in [2.05, 4.69) is 29.2 Å². The normalized spacial score (nSPS) is 18.3. The lowest BCUT2D eigenvalue weighted by atomic mass is 10.1. The molecule has 1 aliphatic carbocycles. The first-order valence-corrected chi connectivity index (χ1v) is 11.4. The third-order valence-corrected chi connectivity index (χ3v) is 6.36. The highest BCUT2D eigenvalue weighted by atomic mass is 16.5. The predicted octanol–water partition coefficient (Wildman–Crippen LogP) is 6.73. The summed E-state index contributed by atoms with van der Waals surface area (Å²) in [5, 5.41) is 0. The number of hydrogen-bond acceptors (Lipinski definition) is 5. The van der Waals surface area contributed by atoms with E-state index in [0.717, 1.165) is 34.4 Å². The van der Waals surface area contributed by atoms with Gasteiger partial charge in [0.15, 0.2) is 5.58 Å². The second kappa shape index (κ2) is 7.59. The van der Waals surface area contributed by atoms with Gasteiger partial charge in [0.05, 0.1) is 0 Å². The van der Waals surface area contributed by atoms with E-state index in [1.165, 1.54) is 11.1 Å². The van der Waals surface area contributed by atoms with Crippen molar-refractivity contribution in [1.82, 2.24) is 4.98 Å². The molecule has 1 aromatic heterocycles. The molecule has 2 heterocycles. The molecule has 5 heteroatoms. The first kappa shape index (κ1) is 19.1. The van der Waals surface area contributed by atoms with E-state index in [1.54, 1.807) is 0 Å². The molecule has 2 atom stereocenters. The zero-order chi connectivity index (χ0) is 22.5. The fourth-order valence-electron chi connectivity index (χ4n) is 4.76. The summed E-state index contributed by atoms with van der Waals surface area (Å²) in [6.07, 6.45) is 0.970. The van der Waals surface area contributed by atoms with Gasteiger partial charge in [0.2, 0.25) is 11.8 Å². The number of ether oxygens (including phenoxy) is 2. The number of benzene rings is 4. The van der Waals surface area contributed by atoms with E-state index in [9.17, 15) is 0 Å². The molecule has 7 rings (SSSR count). The van der Waals surface area contributed by atoms with E-state index in [1.807, 2.05) is 72.8 Å². The Bertz CT molecular complexity index is 1540. The molecule has 2 aliphatic rings. The molecule has 0 saturated carbocycles. The zero-order valence-corrected chi connectivity index (χ0v) is 18.2. The molecule has 0 radical (unpaired) electrons. The lowest BCUT2D eigenvalue weighted by Crippen LogP contribution is -2.13. The highest BCUT2D eigenvalue weighted by Crippen LogP contribution is 2.41. The largest absolute Gasteiger partial charge is 0.471 e. The standard InChI is InChI=1S/C29H20N2O3/c1-2-12-23-18(7-1)17-26-27(23)31-29(34-26)20-9-6-11-22(16-20)32-21-10-5-8-19(15-21)28-30-24-13-3-4-14-25(24)33-28/h1-16,26-27H,17H2/t26-,27+/m1/s1. The highest BCUT2D eigenvalue weighted by Gasteiger charge is 2.39. The predicted molar refractivity (Wildman–Crippen MR) is 130 cm³/mol. The van der Waals surface area contributed by atoms with Crippen molar-refractivity contribution in [2.45, 2.75) is 18.6 Å². The minimum atomic E-state index is 0.0729. The molecular weight excluding hydrogens is 424 g/mol. The summed E-state index contributed by atoms with van der Waals surface area (Å²) >= 11 is 0. The van der Waals surface area contributed by atoms with Crippen LogP contribution in [0.15, 0.2) is 106 Å².